The maximum atomic E-state index is 12.8. The van der Waals surface area contributed by atoms with E-state index in [1.807, 2.05) is 61.5 Å². The summed E-state index contributed by atoms with van der Waals surface area (Å²) < 4.78 is 33.8. The summed E-state index contributed by atoms with van der Waals surface area (Å²) >= 11 is 0. The normalized spacial score (nSPS) is 16.4. The van der Waals surface area contributed by atoms with E-state index in [2.05, 4.69) is 4.72 Å². The van der Waals surface area contributed by atoms with Gasteiger partial charge in [-0.25, -0.2) is 13.1 Å². The number of para-hydroxylation sites is 1. The number of carbonyl (C=O) groups is 1. The van der Waals surface area contributed by atoms with Crippen LogP contribution in [0.5, 0.6) is 5.75 Å². The first-order valence-electron chi connectivity index (χ1n) is 10.6. The number of nitrogens with zero attached hydrogens (tertiary/aromatic N) is 1. The van der Waals surface area contributed by atoms with E-state index in [1.165, 1.54) is 12.1 Å². The number of hydrogen-bond acceptors (Lipinski definition) is 4. The summed E-state index contributed by atoms with van der Waals surface area (Å²) in [6.45, 7) is 3.70. The molecule has 166 valence electrons. The molecule has 2 atom stereocenters. The Labute approximate surface area is 188 Å². The molecule has 7 heteroatoms. The number of ether oxygens (including phenoxy) is 1. The molecule has 0 aliphatic carbocycles. The van der Waals surface area contributed by atoms with Crippen LogP contribution < -0.4 is 14.4 Å². The molecule has 1 N–H and O–H groups in total. The molecule has 1 aliphatic rings. The summed E-state index contributed by atoms with van der Waals surface area (Å²) in [4.78, 5) is 14.7. The van der Waals surface area contributed by atoms with Crippen molar-refractivity contribution in [1.29, 1.82) is 0 Å². The molecule has 0 radical (unpaired) electrons. The van der Waals surface area contributed by atoms with Gasteiger partial charge in [0.1, 0.15) is 5.75 Å². The smallest absolute Gasteiger partial charge is 0.265 e. The summed E-state index contributed by atoms with van der Waals surface area (Å²) in [5.74, 6) is 0.311. The molecule has 6 nitrogen and oxygen atoms in total. The fourth-order valence-electron chi connectivity index (χ4n) is 3.99. The van der Waals surface area contributed by atoms with Crippen molar-refractivity contribution < 1.29 is 17.9 Å². The molecule has 0 fully saturated rings. The van der Waals surface area contributed by atoms with Gasteiger partial charge >= 0.3 is 0 Å². The Kier molecular flexibility index (Phi) is 6.30. The minimum absolute atomic E-state index is 0.0775. The second-order valence-electron chi connectivity index (χ2n) is 7.96. The van der Waals surface area contributed by atoms with Crippen LogP contribution in [0.25, 0.3) is 0 Å². The van der Waals surface area contributed by atoms with E-state index < -0.39 is 10.0 Å². The second kappa shape index (κ2) is 9.14. The highest BCUT2D eigenvalue weighted by atomic mass is 32.2. The molecule has 0 saturated heterocycles. The quantitative estimate of drug-likeness (QED) is 0.589. The zero-order valence-corrected chi connectivity index (χ0v) is 18.9. The second-order valence-corrected chi connectivity index (χ2v) is 9.67. The molecule has 0 bridgehead atoms. The molecule has 32 heavy (non-hydrogen) atoms. The summed E-state index contributed by atoms with van der Waals surface area (Å²) in [6.07, 6.45) is 0.822. The van der Waals surface area contributed by atoms with Crippen molar-refractivity contribution in [1.82, 2.24) is 4.72 Å². The van der Waals surface area contributed by atoms with Crippen molar-refractivity contribution in [3.63, 3.8) is 0 Å². The fourth-order valence-corrected chi connectivity index (χ4v) is 5.22. The Balaban J connectivity index is 1.38. The molecule has 0 saturated carbocycles. The van der Waals surface area contributed by atoms with E-state index in [9.17, 15) is 13.2 Å². The van der Waals surface area contributed by atoms with Crippen molar-refractivity contribution in [2.75, 3.05) is 11.5 Å². The largest absolute Gasteiger partial charge is 0.484 e. The average Bonchev–Trinajstić information content (AvgIpc) is 3.14. The Hall–Kier alpha value is -3.16. The van der Waals surface area contributed by atoms with E-state index in [0.717, 1.165) is 23.2 Å². The van der Waals surface area contributed by atoms with Gasteiger partial charge in [-0.1, -0.05) is 48.5 Å². The number of sulfonamides is 1. The zero-order chi connectivity index (χ0) is 22.7. The van der Waals surface area contributed by atoms with Gasteiger partial charge in [0.05, 0.1) is 4.90 Å². The van der Waals surface area contributed by atoms with Gasteiger partial charge in [-0.2, -0.15) is 0 Å². The number of nitrogens with one attached hydrogen (secondary N) is 1. The van der Waals surface area contributed by atoms with Gasteiger partial charge in [-0.15, -0.1) is 0 Å². The van der Waals surface area contributed by atoms with Crippen LogP contribution >= 0.6 is 0 Å². The molecular weight excluding hydrogens is 424 g/mol. The average molecular weight is 451 g/mol. The number of hydrogen-bond donors (Lipinski definition) is 1. The Morgan fingerprint density at radius 1 is 1.03 bits per heavy atom. The van der Waals surface area contributed by atoms with Gasteiger partial charge in [0, 0.05) is 17.8 Å². The lowest BCUT2D eigenvalue weighted by molar-refractivity contribution is -0.120. The molecular formula is C25H26N2O4S. The van der Waals surface area contributed by atoms with Crippen LogP contribution in [-0.4, -0.2) is 27.0 Å². The highest BCUT2D eigenvalue weighted by Gasteiger charge is 2.30. The number of benzene rings is 3. The van der Waals surface area contributed by atoms with Crippen LogP contribution in [0, 0.1) is 0 Å². The van der Waals surface area contributed by atoms with Gasteiger partial charge in [-0.3, -0.25) is 4.79 Å². The monoisotopic (exact) mass is 450 g/mol. The highest BCUT2D eigenvalue weighted by Crippen LogP contribution is 2.32. The van der Waals surface area contributed by atoms with Crippen molar-refractivity contribution in [3.05, 3.63) is 90.0 Å². The molecule has 4 rings (SSSR count). The van der Waals surface area contributed by atoms with Crippen molar-refractivity contribution in [2.45, 2.75) is 37.2 Å². The predicted molar refractivity (Wildman–Crippen MR) is 124 cm³/mol. The minimum atomic E-state index is -3.69. The molecule has 0 aromatic heterocycles. The zero-order valence-electron chi connectivity index (χ0n) is 18.1. The fraction of sp³-hybridized carbons (Fsp3) is 0.240. The SMILES string of the molecule is C[C@@H]1Cc2ccccc2N1C(=O)COc1ccc(S(=O)(=O)N[C@H](C)c2ccccc2)cc1. The van der Waals surface area contributed by atoms with Gasteiger partial charge < -0.3 is 9.64 Å². The number of rotatable bonds is 7. The lowest BCUT2D eigenvalue weighted by Gasteiger charge is -2.22. The number of fused-ring (bicyclic) bond motifs is 1. The molecule has 0 unspecified atom stereocenters. The molecule has 1 heterocycles. The molecule has 0 spiro atoms. The first-order valence-corrected chi connectivity index (χ1v) is 12.0. The summed E-state index contributed by atoms with van der Waals surface area (Å²) in [5.41, 5.74) is 2.96. The first-order chi connectivity index (χ1) is 15.3. The van der Waals surface area contributed by atoms with E-state index in [-0.39, 0.29) is 29.5 Å². The van der Waals surface area contributed by atoms with Crippen LogP contribution in [0.3, 0.4) is 0 Å². The first kappa shape index (κ1) is 22.0. The van der Waals surface area contributed by atoms with Crippen molar-refractivity contribution in [2.24, 2.45) is 0 Å². The van der Waals surface area contributed by atoms with Crippen molar-refractivity contribution in [3.8, 4) is 5.75 Å². The van der Waals surface area contributed by atoms with E-state index in [1.54, 1.807) is 24.0 Å². The van der Waals surface area contributed by atoms with Gasteiger partial charge in [0.2, 0.25) is 10.0 Å². The molecule has 1 aliphatic heterocycles. The third-order valence-electron chi connectivity index (χ3n) is 5.60. The third-order valence-corrected chi connectivity index (χ3v) is 7.16. The minimum Gasteiger partial charge on any atom is -0.484 e. The maximum Gasteiger partial charge on any atom is 0.265 e. The molecule has 3 aromatic carbocycles. The van der Waals surface area contributed by atoms with E-state index in [0.29, 0.717) is 5.75 Å². The van der Waals surface area contributed by atoms with Crippen molar-refractivity contribution >= 4 is 21.6 Å². The molecule has 3 aromatic rings. The van der Waals surface area contributed by atoms with Gasteiger partial charge in [0.15, 0.2) is 6.61 Å². The Morgan fingerprint density at radius 2 is 1.69 bits per heavy atom. The van der Waals surface area contributed by atoms with Crippen LogP contribution in [0.1, 0.15) is 31.0 Å². The maximum absolute atomic E-state index is 12.8. The van der Waals surface area contributed by atoms with Gasteiger partial charge in [-0.05, 0) is 61.7 Å². The Morgan fingerprint density at radius 3 is 2.41 bits per heavy atom. The third kappa shape index (κ3) is 4.69. The Bertz CT molecular complexity index is 1190. The number of carbonyl (C=O) groups excluding carboxylic acids is 1. The predicted octanol–water partition coefficient (Wildman–Crippen LogP) is 4.08. The summed E-state index contributed by atoms with van der Waals surface area (Å²) in [7, 11) is -3.69. The van der Waals surface area contributed by atoms with Crippen LogP contribution in [-0.2, 0) is 21.2 Å². The topological polar surface area (TPSA) is 75.7 Å². The lowest BCUT2D eigenvalue weighted by Crippen LogP contribution is -2.39. The highest BCUT2D eigenvalue weighted by molar-refractivity contribution is 7.89. The van der Waals surface area contributed by atoms with E-state index in [4.69, 9.17) is 4.74 Å². The summed E-state index contributed by atoms with van der Waals surface area (Å²) in [5, 5.41) is 0. The van der Waals surface area contributed by atoms with Crippen LogP contribution in [0.4, 0.5) is 5.69 Å². The standard InChI is InChI=1S/C25H26N2O4S/c1-18-16-21-10-6-7-11-24(21)27(18)25(28)17-31-22-12-14-23(15-13-22)32(29,30)26-19(2)20-8-4-3-5-9-20/h3-15,18-19,26H,16-17H2,1-2H3/t18-,19-/m1/s1. The number of anilines is 1. The van der Waals surface area contributed by atoms with Gasteiger partial charge in [0.25, 0.3) is 5.91 Å². The molecule has 1 amide bonds. The van der Waals surface area contributed by atoms with Crippen LogP contribution in [0.2, 0.25) is 0 Å². The summed E-state index contributed by atoms with van der Waals surface area (Å²) in [6, 6.07) is 23.1. The van der Waals surface area contributed by atoms with Crippen LogP contribution in [0.15, 0.2) is 83.8 Å². The lowest BCUT2D eigenvalue weighted by atomic mass is 10.1. The number of amides is 1. The van der Waals surface area contributed by atoms with E-state index >= 15 is 0 Å².